The van der Waals surface area contributed by atoms with E-state index >= 15 is 0 Å². The fourth-order valence-corrected chi connectivity index (χ4v) is 1.95. The molecule has 0 aliphatic heterocycles. The molecule has 2 rings (SSSR count). The summed E-state index contributed by atoms with van der Waals surface area (Å²) in [6, 6.07) is 10.6. The molecular formula is C17H19NO3. The molecule has 0 radical (unpaired) electrons. The summed E-state index contributed by atoms with van der Waals surface area (Å²) in [5.41, 5.74) is 0.613. The van der Waals surface area contributed by atoms with Crippen molar-refractivity contribution in [3.05, 3.63) is 66.6 Å². The number of ether oxygens (including phenoxy) is 1. The Kier molecular flexibility index (Phi) is 4.82. The number of hydrogen-bond donors (Lipinski definition) is 0. The summed E-state index contributed by atoms with van der Waals surface area (Å²) < 4.78 is 10.7. The third kappa shape index (κ3) is 3.54. The predicted molar refractivity (Wildman–Crippen MR) is 81.4 cm³/mol. The first-order valence-corrected chi connectivity index (χ1v) is 6.78. The van der Waals surface area contributed by atoms with E-state index < -0.39 is 0 Å². The van der Waals surface area contributed by atoms with Gasteiger partial charge in [0.25, 0.3) is 5.91 Å². The molecule has 4 heteroatoms. The molecule has 0 unspecified atom stereocenters. The number of carbonyl (C=O) groups is 1. The largest absolute Gasteiger partial charge is 0.490 e. The number of benzene rings is 1. The van der Waals surface area contributed by atoms with E-state index in [1.165, 1.54) is 0 Å². The van der Waals surface area contributed by atoms with E-state index in [0.29, 0.717) is 17.9 Å². The topological polar surface area (TPSA) is 42.7 Å². The number of rotatable bonds is 6. The zero-order chi connectivity index (χ0) is 15.2. The quantitative estimate of drug-likeness (QED) is 0.760. The Morgan fingerprint density at radius 1 is 1.38 bits per heavy atom. The van der Waals surface area contributed by atoms with Crippen LogP contribution in [0, 0.1) is 0 Å². The Balaban J connectivity index is 2.06. The molecule has 4 nitrogen and oxygen atoms in total. The van der Waals surface area contributed by atoms with E-state index in [0.717, 1.165) is 5.76 Å². The summed E-state index contributed by atoms with van der Waals surface area (Å²) in [5, 5.41) is 0. The van der Waals surface area contributed by atoms with Crippen molar-refractivity contribution < 1.29 is 13.9 Å². The summed E-state index contributed by atoms with van der Waals surface area (Å²) in [4.78, 5) is 14.1. The standard InChI is InChI=1S/C17H19NO3/c1-4-11-20-15-9-7-14(8-10-15)17(19)18(3)13(2)16-6-5-12-21-16/h4-10,12-13H,1,11H2,2-3H3/t13-/m1/s1. The highest BCUT2D eigenvalue weighted by Crippen LogP contribution is 2.22. The van der Waals surface area contributed by atoms with Gasteiger partial charge in [0.05, 0.1) is 12.3 Å². The van der Waals surface area contributed by atoms with Crippen molar-refractivity contribution in [3.8, 4) is 5.75 Å². The van der Waals surface area contributed by atoms with Crippen LogP contribution < -0.4 is 4.74 Å². The Morgan fingerprint density at radius 2 is 2.10 bits per heavy atom. The Hall–Kier alpha value is -2.49. The summed E-state index contributed by atoms with van der Waals surface area (Å²) in [6.45, 7) is 5.97. The highest BCUT2D eigenvalue weighted by Gasteiger charge is 2.20. The lowest BCUT2D eigenvalue weighted by Crippen LogP contribution is -2.29. The van der Waals surface area contributed by atoms with Crippen LogP contribution in [0.2, 0.25) is 0 Å². The lowest BCUT2D eigenvalue weighted by atomic mass is 10.1. The fraction of sp³-hybridized carbons (Fsp3) is 0.235. The van der Waals surface area contributed by atoms with Crippen molar-refractivity contribution in [1.29, 1.82) is 0 Å². The van der Waals surface area contributed by atoms with Crippen LogP contribution in [0.5, 0.6) is 5.75 Å². The molecule has 1 amide bonds. The number of nitrogens with zero attached hydrogens (tertiary/aromatic N) is 1. The molecule has 0 N–H and O–H groups in total. The summed E-state index contributed by atoms with van der Waals surface area (Å²) in [5.74, 6) is 1.42. The van der Waals surface area contributed by atoms with Gasteiger partial charge < -0.3 is 14.1 Å². The number of carbonyl (C=O) groups excluding carboxylic acids is 1. The van der Waals surface area contributed by atoms with E-state index in [4.69, 9.17) is 9.15 Å². The van der Waals surface area contributed by atoms with Crippen molar-refractivity contribution in [3.63, 3.8) is 0 Å². The Labute approximate surface area is 124 Å². The molecule has 0 aliphatic carbocycles. The van der Waals surface area contributed by atoms with Gasteiger partial charge in [0.15, 0.2) is 0 Å². The Morgan fingerprint density at radius 3 is 2.67 bits per heavy atom. The fourth-order valence-electron chi connectivity index (χ4n) is 1.95. The molecule has 0 fully saturated rings. The second-order valence-electron chi connectivity index (χ2n) is 4.73. The van der Waals surface area contributed by atoms with Gasteiger partial charge in [-0.3, -0.25) is 4.79 Å². The van der Waals surface area contributed by atoms with Crippen LogP contribution in [0.15, 0.2) is 59.7 Å². The van der Waals surface area contributed by atoms with E-state index in [9.17, 15) is 4.79 Å². The van der Waals surface area contributed by atoms with E-state index in [1.807, 2.05) is 19.1 Å². The van der Waals surface area contributed by atoms with Crippen molar-refractivity contribution in [2.45, 2.75) is 13.0 Å². The third-order valence-electron chi connectivity index (χ3n) is 3.33. The SMILES string of the molecule is C=CCOc1ccc(C(=O)N(C)[C@H](C)c2ccco2)cc1. The summed E-state index contributed by atoms with van der Waals surface area (Å²) in [7, 11) is 1.76. The molecule has 1 aromatic heterocycles. The van der Waals surface area contributed by atoms with Crippen LogP contribution >= 0.6 is 0 Å². The van der Waals surface area contributed by atoms with Crippen LogP contribution in [0.3, 0.4) is 0 Å². The molecule has 0 saturated carbocycles. The van der Waals surface area contributed by atoms with Crippen LogP contribution in [-0.4, -0.2) is 24.5 Å². The molecule has 1 atom stereocenters. The first-order valence-electron chi connectivity index (χ1n) is 6.78. The van der Waals surface area contributed by atoms with Gasteiger partial charge in [0, 0.05) is 12.6 Å². The zero-order valence-corrected chi connectivity index (χ0v) is 12.3. The van der Waals surface area contributed by atoms with Crippen LogP contribution in [0.25, 0.3) is 0 Å². The monoisotopic (exact) mass is 285 g/mol. The van der Waals surface area contributed by atoms with Crippen molar-refractivity contribution >= 4 is 5.91 Å². The van der Waals surface area contributed by atoms with Gasteiger partial charge in [0.1, 0.15) is 18.1 Å². The first-order chi connectivity index (χ1) is 10.1. The van der Waals surface area contributed by atoms with Gasteiger partial charge in [-0.15, -0.1) is 0 Å². The minimum Gasteiger partial charge on any atom is -0.490 e. The van der Waals surface area contributed by atoms with Crippen molar-refractivity contribution in [1.82, 2.24) is 4.90 Å². The molecule has 1 heterocycles. The van der Waals surface area contributed by atoms with Crippen LogP contribution in [0.1, 0.15) is 29.1 Å². The molecule has 0 bridgehead atoms. The molecule has 0 saturated heterocycles. The average Bonchev–Trinajstić information content (AvgIpc) is 3.05. The molecule has 0 spiro atoms. The lowest BCUT2D eigenvalue weighted by molar-refractivity contribution is 0.0726. The lowest BCUT2D eigenvalue weighted by Gasteiger charge is -2.23. The minimum absolute atomic E-state index is 0.0610. The zero-order valence-electron chi connectivity index (χ0n) is 12.3. The molecule has 110 valence electrons. The first kappa shape index (κ1) is 14.9. The highest BCUT2D eigenvalue weighted by atomic mass is 16.5. The van der Waals surface area contributed by atoms with Gasteiger partial charge in [-0.1, -0.05) is 12.7 Å². The minimum atomic E-state index is -0.121. The van der Waals surface area contributed by atoms with E-state index in [1.54, 1.807) is 48.6 Å². The summed E-state index contributed by atoms with van der Waals surface area (Å²) >= 11 is 0. The number of furan rings is 1. The Bertz CT molecular complexity index is 587. The maximum absolute atomic E-state index is 12.4. The van der Waals surface area contributed by atoms with Gasteiger partial charge in [-0.25, -0.2) is 0 Å². The van der Waals surface area contributed by atoms with E-state index in [2.05, 4.69) is 6.58 Å². The van der Waals surface area contributed by atoms with Gasteiger partial charge in [-0.05, 0) is 43.3 Å². The van der Waals surface area contributed by atoms with Crippen LogP contribution in [-0.2, 0) is 0 Å². The van der Waals surface area contributed by atoms with Gasteiger partial charge in [0.2, 0.25) is 0 Å². The maximum Gasteiger partial charge on any atom is 0.254 e. The van der Waals surface area contributed by atoms with Crippen LogP contribution in [0.4, 0.5) is 0 Å². The highest BCUT2D eigenvalue weighted by molar-refractivity contribution is 5.94. The second-order valence-corrected chi connectivity index (χ2v) is 4.73. The number of hydrogen-bond acceptors (Lipinski definition) is 3. The molecule has 2 aromatic rings. The third-order valence-corrected chi connectivity index (χ3v) is 3.33. The second kappa shape index (κ2) is 6.79. The van der Waals surface area contributed by atoms with Gasteiger partial charge >= 0.3 is 0 Å². The molecular weight excluding hydrogens is 266 g/mol. The maximum atomic E-state index is 12.4. The normalized spacial score (nSPS) is 11.7. The molecule has 0 aliphatic rings. The van der Waals surface area contributed by atoms with Gasteiger partial charge in [-0.2, -0.15) is 0 Å². The predicted octanol–water partition coefficient (Wildman–Crippen LogP) is 3.68. The van der Waals surface area contributed by atoms with Crippen molar-refractivity contribution in [2.24, 2.45) is 0 Å². The average molecular weight is 285 g/mol. The summed E-state index contributed by atoms with van der Waals surface area (Å²) in [6.07, 6.45) is 3.29. The van der Waals surface area contributed by atoms with Crippen molar-refractivity contribution in [2.75, 3.05) is 13.7 Å². The number of amides is 1. The molecule has 1 aromatic carbocycles. The van der Waals surface area contributed by atoms with E-state index in [-0.39, 0.29) is 11.9 Å². The molecule has 21 heavy (non-hydrogen) atoms. The smallest absolute Gasteiger partial charge is 0.254 e.